The smallest absolute Gasteiger partial charge is 0.269 e. The highest BCUT2D eigenvalue weighted by Gasteiger charge is 2.34. The Morgan fingerprint density at radius 2 is 1.68 bits per heavy atom. The average Bonchev–Trinajstić information content (AvgIpc) is 2.74. The molecule has 31 heavy (non-hydrogen) atoms. The van der Waals surface area contributed by atoms with Gasteiger partial charge in [-0.1, -0.05) is 12.1 Å². The molecule has 0 saturated heterocycles. The van der Waals surface area contributed by atoms with Crippen LogP contribution in [0.3, 0.4) is 0 Å². The lowest BCUT2D eigenvalue weighted by atomic mass is 10.1. The Labute approximate surface area is 181 Å². The summed E-state index contributed by atoms with van der Waals surface area (Å²) in [4.78, 5) is 21.5. The fourth-order valence-corrected chi connectivity index (χ4v) is 3.27. The van der Waals surface area contributed by atoms with Gasteiger partial charge in [-0.3, -0.25) is 4.79 Å². The summed E-state index contributed by atoms with van der Waals surface area (Å²) < 4.78 is 11.7. The van der Waals surface area contributed by atoms with Gasteiger partial charge in [-0.2, -0.15) is 4.98 Å². The Bertz CT molecular complexity index is 1070. The van der Waals surface area contributed by atoms with Gasteiger partial charge in [0.15, 0.2) is 11.5 Å². The van der Waals surface area contributed by atoms with Crippen molar-refractivity contribution in [3.63, 3.8) is 0 Å². The van der Waals surface area contributed by atoms with Gasteiger partial charge in [0.05, 0.1) is 0 Å². The summed E-state index contributed by atoms with van der Waals surface area (Å²) in [5, 5.41) is 9.26. The lowest BCUT2D eigenvalue weighted by molar-refractivity contribution is -0.128. The molecule has 160 valence electrons. The third-order valence-corrected chi connectivity index (χ3v) is 4.71. The monoisotopic (exact) mass is 419 g/mol. The molecule has 0 fully saturated rings. The largest absolute Gasteiger partial charge is 0.482 e. The molecule has 2 atom stereocenters. The van der Waals surface area contributed by atoms with Crippen LogP contribution in [0.4, 0.5) is 23.1 Å². The Balaban J connectivity index is 1.40. The maximum atomic E-state index is 12.7. The molecule has 8 heteroatoms. The van der Waals surface area contributed by atoms with E-state index in [0.29, 0.717) is 29.0 Å². The van der Waals surface area contributed by atoms with Crippen LogP contribution in [0.1, 0.15) is 19.5 Å². The van der Waals surface area contributed by atoms with E-state index in [4.69, 9.17) is 9.47 Å². The summed E-state index contributed by atoms with van der Waals surface area (Å²) in [6.45, 7) is 6.48. The molecule has 3 aromatic rings. The molecule has 2 heterocycles. The van der Waals surface area contributed by atoms with Crippen LogP contribution in [0.25, 0.3) is 0 Å². The van der Waals surface area contributed by atoms with Gasteiger partial charge in [-0.15, -0.1) is 0 Å². The number of aryl methyl sites for hydroxylation is 1. The SMILES string of the molecule is CCNc1nc(C)cc(Nc2ccc(NC(=O)C3Oc4ccccc4OC3C)cc2)n1. The molecule has 0 bridgehead atoms. The number of amides is 1. The van der Waals surface area contributed by atoms with E-state index in [1.165, 1.54) is 0 Å². The van der Waals surface area contributed by atoms with Gasteiger partial charge in [-0.05, 0) is 57.2 Å². The topological polar surface area (TPSA) is 97.4 Å². The number of carbonyl (C=O) groups excluding carboxylic acids is 1. The summed E-state index contributed by atoms with van der Waals surface area (Å²) in [7, 11) is 0. The van der Waals surface area contributed by atoms with Crippen molar-refractivity contribution in [2.75, 3.05) is 22.5 Å². The lowest BCUT2D eigenvalue weighted by Gasteiger charge is -2.31. The Hall–Kier alpha value is -3.81. The van der Waals surface area contributed by atoms with Gasteiger partial charge in [0.25, 0.3) is 5.91 Å². The normalized spacial score (nSPS) is 17.0. The third kappa shape index (κ3) is 4.85. The van der Waals surface area contributed by atoms with E-state index in [-0.39, 0.29) is 5.91 Å². The minimum atomic E-state index is -0.735. The summed E-state index contributed by atoms with van der Waals surface area (Å²) in [5.74, 6) is 2.23. The zero-order valence-electron chi connectivity index (χ0n) is 17.7. The molecule has 0 spiro atoms. The first-order chi connectivity index (χ1) is 15.0. The first-order valence-electron chi connectivity index (χ1n) is 10.2. The number of ether oxygens (including phenoxy) is 2. The molecule has 1 aliphatic rings. The maximum absolute atomic E-state index is 12.7. The second-order valence-electron chi connectivity index (χ2n) is 7.25. The number of anilines is 4. The van der Waals surface area contributed by atoms with Crippen LogP contribution >= 0.6 is 0 Å². The van der Waals surface area contributed by atoms with Gasteiger partial charge in [0, 0.05) is 29.7 Å². The molecule has 1 aromatic heterocycles. The minimum Gasteiger partial charge on any atom is -0.482 e. The highest BCUT2D eigenvalue weighted by Crippen LogP contribution is 2.33. The van der Waals surface area contributed by atoms with Crippen LogP contribution in [0, 0.1) is 6.92 Å². The van der Waals surface area contributed by atoms with Crippen LogP contribution in [0.2, 0.25) is 0 Å². The van der Waals surface area contributed by atoms with E-state index >= 15 is 0 Å². The molecule has 4 rings (SSSR count). The number of benzene rings is 2. The first-order valence-corrected chi connectivity index (χ1v) is 10.2. The van der Waals surface area contributed by atoms with Crippen molar-refractivity contribution >= 4 is 29.0 Å². The second kappa shape index (κ2) is 8.91. The van der Waals surface area contributed by atoms with Crippen molar-refractivity contribution < 1.29 is 14.3 Å². The number of nitrogens with one attached hydrogen (secondary N) is 3. The van der Waals surface area contributed by atoms with Gasteiger partial charge in [0.2, 0.25) is 12.1 Å². The van der Waals surface area contributed by atoms with E-state index in [1.54, 1.807) is 6.07 Å². The van der Waals surface area contributed by atoms with Gasteiger partial charge >= 0.3 is 0 Å². The Morgan fingerprint density at radius 3 is 2.39 bits per heavy atom. The molecule has 0 aliphatic carbocycles. The highest BCUT2D eigenvalue weighted by molar-refractivity contribution is 5.95. The molecular weight excluding hydrogens is 394 g/mol. The van der Waals surface area contributed by atoms with Gasteiger partial charge in [0.1, 0.15) is 11.9 Å². The van der Waals surface area contributed by atoms with E-state index in [1.807, 2.05) is 69.3 Å². The van der Waals surface area contributed by atoms with Crippen LogP contribution < -0.4 is 25.4 Å². The minimum absolute atomic E-state index is 0.260. The van der Waals surface area contributed by atoms with Crippen molar-refractivity contribution in [3.05, 3.63) is 60.3 Å². The number of para-hydroxylation sites is 2. The molecule has 1 aliphatic heterocycles. The maximum Gasteiger partial charge on any atom is 0.269 e. The molecular formula is C23H25N5O3. The Morgan fingerprint density at radius 1 is 1.00 bits per heavy atom. The van der Waals surface area contributed by atoms with Crippen LogP contribution in [-0.4, -0.2) is 34.6 Å². The lowest BCUT2D eigenvalue weighted by Crippen LogP contribution is -2.46. The van der Waals surface area contributed by atoms with Crippen LogP contribution in [0.5, 0.6) is 11.5 Å². The number of carbonyl (C=O) groups is 1. The number of fused-ring (bicyclic) bond motifs is 1. The van der Waals surface area contributed by atoms with E-state index in [9.17, 15) is 4.79 Å². The van der Waals surface area contributed by atoms with Crippen molar-refractivity contribution in [2.45, 2.75) is 33.0 Å². The summed E-state index contributed by atoms with van der Waals surface area (Å²) in [6, 6.07) is 16.6. The van der Waals surface area contributed by atoms with Crippen molar-refractivity contribution in [2.24, 2.45) is 0 Å². The standard InChI is InChI=1S/C23H25N5O3/c1-4-24-23-25-14(2)13-20(28-23)26-16-9-11-17(12-10-16)27-22(29)21-15(3)30-18-7-5-6-8-19(18)31-21/h5-13,15,21H,4H2,1-3H3,(H,27,29)(H2,24,25,26,28). The van der Waals surface area contributed by atoms with Crippen molar-refractivity contribution in [1.82, 2.24) is 9.97 Å². The molecule has 3 N–H and O–H groups in total. The number of aromatic nitrogens is 2. The number of nitrogens with zero attached hydrogens (tertiary/aromatic N) is 2. The molecule has 8 nitrogen and oxygen atoms in total. The summed E-state index contributed by atoms with van der Waals surface area (Å²) in [5.41, 5.74) is 2.37. The zero-order valence-corrected chi connectivity index (χ0v) is 17.7. The molecule has 1 amide bonds. The predicted molar refractivity (Wildman–Crippen MR) is 120 cm³/mol. The first kappa shape index (κ1) is 20.5. The van der Waals surface area contributed by atoms with Crippen molar-refractivity contribution in [3.8, 4) is 11.5 Å². The predicted octanol–water partition coefficient (Wildman–Crippen LogP) is 4.13. The molecule has 2 aromatic carbocycles. The van der Waals surface area contributed by atoms with Gasteiger partial charge < -0.3 is 25.4 Å². The summed E-state index contributed by atoms with van der Waals surface area (Å²) >= 11 is 0. The fourth-order valence-electron chi connectivity index (χ4n) is 3.27. The fraction of sp³-hybridized carbons (Fsp3) is 0.261. The number of hydrogen-bond donors (Lipinski definition) is 3. The second-order valence-corrected chi connectivity index (χ2v) is 7.25. The van der Waals surface area contributed by atoms with Crippen LogP contribution in [-0.2, 0) is 4.79 Å². The molecule has 0 radical (unpaired) electrons. The van der Waals surface area contributed by atoms with E-state index in [0.717, 1.165) is 17.9 Å². The average molecular weight is 419 g/mol. The number of hydrogen-bond acceptors (Lipinski definition) is 7. The highest BCUT2D eigenvalue weighted by atomic mass is 16.6. The quantitative estimate of drug-likeness (QED) is 0.553. The summed E-state index contributed by atoms with van der Waals surface area (Å²) in [6.07, 6.45) is -1.14. The number of rotatable bonds is 6. The van der Waals surface area contributed by atoms with E-state index in [2.05, 4.69) is 25.9 Å². The molecule has 0 saturated carbocycles. The molecule has 2 unspecified atom stereocenters. The Kier molecular flexibility index (Phi) is 5.88. The van der Waals surface area contributed by atoms with Crippen molar-refractivity contribution in [1.29, 1.82) is 0 Å². The third-order valence-electron chi connectivity index (χ3n) is 4.71. The van der Waals surface area contributed by atoms with Gasteiger partial charge in [-0.25, -0.2) is 4.98 Å². The zero-order chi connectivity index (χ0) is 21.8. The van der Waals surface area contributed by atoms with E-state index < -0.39 is 12.2 Å². The van der Waals surface area contributed by atoms with Crippen LogP contribution in [0.15, 0.2) is 54.6 Å².